The molecule has 1 aromatic carbocycles. The highest BCUT2D eigenvalue weighted by Gasteiger charge is 2.04. The van der Waals surface area contributed by atoms with Crippen molar-refractivity contribution in [2.45, 2.75) is 6.04 Å². The van der Waals surface area contributed by atoms with Gasteiger partial charge in [0, 0.05) is 22.7 Å². The predicted molar refractivity (Wildman–Crippen MR) is 54.3 cm³/mol. The normalized spacial score (nSPS) is 13.0. The molecule has 65 valence electrons. The zero-order valence-electron chi connectivity index (χ0n) is 7.25. The third-order valence-electron chi connectivity index (χ3n) is 2.05. The second kappa shape index (κ2) is 3.07. The first-order valence-corrected chi connectivity index (χ1v) is 4.19. The zero-order valence-corrected chi connectivity index (χ0v) is 7.25. The molecule has 0 spiro atoms. The highest BCUT2D eigenvalue weighted by Crippen LogP contribution is 2.17. The molecule has 0 aliphatic rings. The van der Waals surface area contributed by atoms with E-state index in [0.717, 1.165) is 16.6 Å². The second-order valence-electron chi connectivity index (χ2n) is 2.97. The molecule has 3 N–H and O–H groups in total. The molecular formula is C11H11N2. The standard InChI is InChI=1S/C11H11N2/c1-2-9(12)11-7-8-5-3-4-6-10(8)13-11/h2-6,9,13H,1,12H2. The summed E-state index contributed by atoms with van der Waals surface area (Å²) >= 11 is 0. The Morgan fingerprint density at radius 3 is 2.92 bits per heavy atom. The minimum Gasteiger partial charge on any atom is -0.356 e. The second-order valence-corrected chi connectivity index (χ2v) is 2.97. The van der Waals surface area contributed by atoms with E-state index in [1.165, 1.54) is 0 Å². The van der Waals surface area contributed by atoms with Gasteiger partial charge in [-0.25, -0.2) is 0 Å². The van der Waals surface area contributed by atoms with Gasteiger partial charge >= 0.3 is 0 Å². The van der Waals surface area contributed by atoms with Crippen molar-refractivity contribution in [2.24, 2.45) is 5.73 Å². The van der Waals surface area contributed by atoms with Crippen molar-refractivity contribution in [2.75, 3.05) is 0 Å². The average Bonchev–Trinajstić information content (AvgIpc) is 2.59. The molecule has 2 nitrogen and oxygen atoms in total. The van der Waals surface area contributed by atoms with Crippen LogP contribution in [0.15, 0.2) is 36.9 Å². The summed E-state index contributed by atoms with van der Waals surface area (Å²) in [5, 5.41) is 1.06. The van der Waals surface area contributed by atoms with E-state index in [2.05, 4.69) is 17.6 Å². The molecule has 2 heteroatoms. The Hall–Kier alpha value is -1.54. The van der Waals surface area contributed by atoms with Gasteiger partial charge < -0.3 is 10.7 Å². The molecule has 0 bridgehead atoms. The molecule has 0 aliphatic carbocycles. The Bertz CT molecular complexity index is 395. The lowest BCUT2D eigenvalue weighted by atomic mass is 10.2. The SMILES string of the molecule is C=CC(N)c1[c]c2ccccc2[nH]1. The topological polar surface area (TPSA) is 41.8 Å². The molecule has 0 aliphatic heterocycles. The Morgan fingerprint density at radius 2 is 2.23 bits per heavy atom. The first-order chi connectivity index (χ1) is 6.31. The van der Waals surface area contributed by atoms with E-state index in [0.29, 0.717) is 0 Å². The Labute approximate surface area is 77.1 Å². The van der Waals surface area contributed by atoms with Crippen LogP contribution < -0.4 is 5.73 Å². The summed E-state index contributed by atoms with van der Waals surface area (Å²) < 4.78 is 0. The molecule has 1 heterocycles. The molecule has 1 unspecified atom stereocenters. The quantitative estimate of drug-likeness (QED) is 0.668. The van der Waals surface area contributed by atoms with Crippen molar-refractivity contribution in [3.63, 3.8) is 0 Å². The fourth-order valence-electron chi connectivity index (χ4n) is 1.31. The number of fused-ring (bicyclic) bond motifs is 1. The third kappa shape index (κ3) is 1.36. The summed E-state index contributed by atoms with van der Waals surface area (Å²) in [5.74, 6) is 0. The van der Waals surface area contributed by atoms with Gasteiger partial charge in [-0.1, -0.05) is 24.3 Å². The number of para-hydroxylation sites is 1. The fourth-order valence-corrected chi connectivity index (χ4v) is 1.31. The van der Waals surface area contributed by atoms with Gasteiger partial charge in [0.15, 0.2) is 0 Å². The first kappa shape index (κ1) is 8.08. The Balaban J connectivity index is 2.55. The number of benzene rings is 1. The molecular weight excluding hydrogens is 160 g/mol. The fraction of sp³-hybridized carbons (Fsp3) is 0.0909. The largest absolute Gasteiger partial charge is 0.356 e. The highest BCUT2D eigenvalue weighted by molar-refractivity contribution is 5.79. The van der Waals surface area contributed by atoms with Gasteiger partial charge in [0.25, 0.3) is 0 Å². The van der Waals surface area contributed by atoms with E-state index < -0.39 is 0 Å². The lowest BCUT2D eigenvalue weighted by Crippen LogP contribution is -2.06. The summed E-state index contributed by atoms with van der Waals surface area (Å²) in [4.78, 5) is 3.19. The van der Waals surface area contributed by atoms with Crippen LogP contribution in [-0.2, 0) is 0 Å². The lowest BCUT2D eigenvalue weighted by molar-refractivity contribution is 0.879. The summed E-state index contributed by atoms with van der Waals surface area (Å²) in [6.07, 6.45) is 1.70. The average molecular weight is 171 g/mol. The van der Waals surface area contributed by atoms with Crippen LogP contribution in [0.5, 0.6) is 0 Å². The molecule has 0 saturated carbocycles. The molecule has 1 aromatic heterocycles. The summed E-state index contributed by atoms with van der Waals surface area (Å²) in [5.41, 5.74) is 7.73. The van der Waals surface area contributed by atoms with E-state index in [4.69, 9.17) is 5.73 Å². The van der Waals surface area contributed by atoms with Gasteiger partial charge in [0.05, 0.1) is 6.04 Å². The molecule has 1 radical (unpaired) electrons. The summed E-state index contributed by atoms with van der Waals surface area (Å²) in [6, 6.07) is 11.0. The maximum absolute atomic E-state index is 5.78. The van der Waals surface area contributed by atoms with Crippen molar-refractivity contribution in [3.8, 4) is 0 Å². The first-order valence-electron chi connectivity index (χ1n) is 4.19. The number of nitrogens with two attached hydrogens (primary N) is 1. The van der Waals surface area contributed by atoms with Crippen LogP contribution in [0.2, 0.25) is 0 Å². The number of rotatable bonds is 2. The van der Waals surface area contributed by atoms with Crippen LogP contribution in [0.1, 0.15) is 11.7 Å². The van der Waals surface area contributed by atoms with E-state index in [-0.39, 0.29) is 6.04 Å². The van der Waals surface area contributed by atoms with Crippen molar-refractivity contribution < 1.29 is 0 Å². The zero-order chi connectivity index (χ0) is 9.26. The van der Waals surface area contributed by atoms with Crippen molar-refractivity contribution in [3.05, 3.63) is 48.7 Å². The molecule has 0 fully saturated rings. The Morgan fingerprint density at radius 1 is 1.46 bits per heavy atom. The van der Waals surface area contributed by atoms with E-state index in [1.807, 2.05) is 24.3 Å². The van der Waals surface area contributed by atoms with Gasteiger partial charge in [-0.15, -0.1) is 6.58 Å². The molecule has 2 aromatic rings. The number of hydrogen-bond donors (Lipinski definition) is 2. The maximum atomic E-state index is 5.78. The number of aromatic nitrogens is 1. The van der Waals surface area contributed by atoms with Crippen LogP contribution in [0.3, 0.4) is 0 Å². The molecule has 0 amide bonds. The minimum absolute atomic E-state index is 0.160. The molecule has 13 heavy (non-hydrogen) atoms. The van der Waals surface area contributed by atoms with Gasteiger partial charge in [-0.3, -0.25) is 0 Å². The van der Waals surface area contributed by atoms with E-state index in [9.17, 15) is 0 Å². The number of H-pyrrole nitrogens is 1. The summed E-state index contributed by atoms with van der Waals surface area (Å²) in [7, 11) is 0. The smallest absolute Gasteiger partial charge is 0.0637 e. The van der Waals surface area contributed by atoms with E-state index in [1.54, 1.807) is 6.08 Å². The van der Waals surface area contributed by atoms with E-state index >= 15 is 0 Å². The summed E-state index contributed by atoms with van der Waals surface area (Å²) in [6.45, 7) is 3.64. The van der Waals surface area contributed by atoms with Gasteiger partial charge in [-0.2, -0.15) is 0 Å². The van der Waals surface area contributed by atoms with Crippen LogP contribution in [-0.4, -0.2) is 4.98 Å². The van der Waals surface area contributed by atoms with Crippen LogP contribution in [0, 0.1) is 6.07 Å². The van der Waals surface area contributed by atoms with Crippen molar-refractivity contribution in [1.29, 1.82) is 0 Å². The molecule has 0 saturated heterocycles. The van der Waals surface area contributed by atoms with Gasteiger partial charge in [0.1, 0.15) is 0 Å². The number of nitrogens with one attached hydrogen (secondary N) is 1. The highest BCUT2D eigenvalue weighted by atomic mass is 14.8. The van der Waals surface area contributed by atoms with Crippen molar-refractivity contribution >= 4 is 10.9 Å². The minimum atomic E-state index is -0.160. The third-order valence-corrected chi connectivity index (χ3v) is 2.05. The van der Waals surface area contributed by atoms with Crippen LogP contribution in [0.4, 0.5) is 0 Å². The van der Waals surface area contributed by atoms with Gasteiger partial charge in [0.2, 0.25) is 0 Å². The Kier molecular flexibility index (Phi) is 1.91. The maximum Gasteiger partial charge on any atom is 0.0637 e. The number of aromatic amines is 1. The van der Waals surface area contributed by atoms with Crippen molar-refractivity contribution in [1.82, 2.24) is 4.98 Å². The lowest BCUT2D eigenvalue weighted by Gasteiger charge is -1.99. The predicted octanol–water partition coefficient (Wildman–Crippen LogP) is 2.15. The monoisotopic (exact) mass is 171 g/mol. The van der Waals surface area contributed by atoms with Gasteiger partial charge in [-0.05, 0) is 6.07 Å². The van der Waals surface area contributed by atoms with Crippen LogP contribution in [0.25, 0.3) is 10.9 Å². The molecule has 1 atom stereocenters. The number of hydrogen-bond acceptors (Lipinski definition) is 1. The van der Waals surface area contributed by atoms with Crippen LogP contribution >= 0.6 is 0 Å². The molecule has 2 rings (SSSR count).